The van der Waals surface area contributed by atoms with E-state index in [0.717, 1.165) is 24.1 Å². The summed E-state index contributed by atoms with van der Waals surface area (Å²) in [4.78, 5) is 11.1. The summed E-state index contributed by atoms with van der Waals surface area (Å²) in [6.07, 6.45) is 3.35. The topological polar surface area (TPSA) is 49.3 Å². The Morgan fingerprint density at radius 3 is 2.76 bits per heavy atom. The third-order valence-corrected chi connectivity index (χ3v) is 3.54. The average molecular weight is 233 g/mol. The Morgan fingerprint density at radius 1 is 1.41 bits per heavy atom. The molecule has 17 heavy (non-hydrogen) atoms. The predicted molar refractivity (Wildman–Crippen MR) is 67.6 cm³/mol. The molecule has 1 atom stereocenters. The van der Waals surface area contributed by atoms with Crippen molar-refractivity contribution in [3.05, 3.63) is 34.4 Å². The quantitative estimate of drug-likeness (QED) is 0.842. The first-order valence-electron chi connectivity index (χ1n) is 6.14. The maximum Gasteiger partial charge on any atom is 0.335 e. The summed E-state index contributed by atoms with van der Waals surface area (Å²) in [5.41, 5.74) is 3.63. The Bertz CT molecular complexity index is 434. The number of rotatable bonds is 3. The number of nitrogens with one attached hydrogen (secondary N) is 1. The lowest BCUT2D eigenvalue weighted by atomic mass is 9.95. The van der Waals surface area contributed by atoms with E-state index in [2.05, 4.69) is 12.2 Å². The van der Waals surface area contributed by atoms with Crippen LogP contribution in [0.5, 0.6) is 0 Å². The van der Waals surface area contributed by atoms with Crippen LogP contribution in [0.4, 0.5) is 0 Å². The van der Waals surface area contributed by atoms with Crippen LogP contribution in [-0.4, -0.2) is 23.7 Å². The zero-order valence-corrected chi connectivity index (χ0v) is 10.4. The van der Waals surface area contributed by atoms with Gasteiger partial charge in [0.05, 0.1) is 5.56 Å². The second-order valence-corrected chi connectivity index (χ2v) is 4.90. The van der Waals surface area contributed by atoms with Crippen LogP contribution in [-0.2, 0) is 6.42 Å². The van der Waals surface area contributed by atoms with E-state index in [9.17, 15) is 4.79 Å². The Hall–Kier alpha value is -1.35. The van der Waals surface area contributed by atoms with Gasteiger partial charge in [0.1, 0.15) is 0 Å². The van der Waals surface area contributed by atoms with E-state index in [1.54, 1.807) is 0 Å². The fourth-order valence-corrected chi connectivity index (χ4v) is 2.54. The summed E-state index contributed by atoms with van der Waals surface area (Å²) in [6.45, 7) is 5.00. The SMILES string of the molecule is Cc1cc(C)c(C(=O)O)cc1CC1CCCN1. The van der Waals surface area contributed by atoms with Gasteiger partial charge in [-0.25, -0.2) is 4.79 Å². The van der Waals surface area contributed by atoms with Gasteiger partial charge >= 0.3 is 5.97 Å². The van der Waals surface area contributed by atoms with Crippen LogP contribution < -0.4 is 5.32 Å². The molecule has 1 fully saturated rings. The number of benzene rings is 1. The van der Waals surface area contributed by atoms with Gasteiger partial charge in [0.2, 0.25) is 0 Å². The molecule has 2 rings (SSSR count). The first-order valence-corrected chi connectivity index (χ1v) is 6.14. The Labute approximate surface area is 102 Å². The van der Waals surface area contributed by atoms with Gasteiger partial charge in [0, 0.05) is 6.04 Å². The van der Waals surface area contributed by atoms with Gasteiger partial charge in [0.25, 0.3) is 0 Å². The molecule has 92 valence electrons. The largest absolute Gasteiger partial charge is 0.478 e. The molecule has 3 nitrogen and oxygen atoms in total. The van der Waals surface area contributed by atoms with Gasteiger partial charge in [-0.1, -0.05) is 6.07 Å². The van der Waals surface area contributed by atoms with E-state index in [1.165, 1.54) is 18.4 Å². The van der Waals surface area contributed by atoms with Crippen LogP contribution in [0.1, 0.15) is 39.9 Å². The van der Waals surface area contributed by atoms with Crippen molar-refractivity contribution in [2.24, 2.45) is 0 Å². The van der Waals surface area contributed by atoms with Gasteiger partial charge in [0.15, 0.2) is 0 Å². The second-order valence-electron chi connectivity index (χ2n) is 4.90. The highest BCUT2D eigenvalue weighted by molar-refractivity contribution is 5.89. The van der Waals surface area contributed by atoms with E-state index >= 15 is 0 Å². The molecule has 1 unspecified atom stereocenters. The maximum atomic E-state index is 11.1. The summed E-state index contributed by atoms with van der Waals surface area (Å²) in [7, 11) is 0. The summed E-state index contributed by atoms with van der Waals surface area (Å²) >= 11 is 0. The molecule has 0 radical (unpaired) electrons. The third-order valence-electron chi connectivity index (χ3n) is 3.54. The van der Waals surface area contributed by atoms with Crippen LogP contribution in [0, 0.1) is 13.8 Å². The minimum absolute atomic E-state index is 0.434. The number of carboxylic acids is 1. The number of carbonyl (C=O) groups is 1. The molecule has 3 heteroatoms. The van der Waals surface area contributed by atoms with Crippen molar-refractivity contribution in [2.75, 3.05) is 6.54 Å². The molecule has 1 aliphatic rings. The summed E-state index contributed by atoms with van der Waals surface area (Å²) < 4.78 is 0. The normalized spacial score (nSPS) is 19.5. The van der Waals surface area contributed by atoms with Crippen LogP contribution in [0.25, 0.3) is 0 Å². The van der Waals surface area contributed by atoms with E-state index in [0.29, 0.717) is 11.6 Å². The first-order chi connectivity index (χ1) is 8.08. The molecular weight excluding hydrogens is 214 g/mol. The standard InChI is InChI=1S/C14H19NO2/c1-9-6-10(2)13(14(16)17)8-11(9)7-12-4-3-5-15-12/h6,8,12,15H,3-5,7H2,1-2H3,(H,16,17). The van der Waals surface area contributed by atoms with Gasteiger partial charge in [-0.05, 0) is 62.4 Å². The molecule has 0 spiro atoms. The lowest BCUT2D eigenvalue weighted by Crippen LogP contribution is -2.24. The number of aromatic carboxylic acids is 1. The van der Waals surface area contributed by atoms with Crippen LogP contribution in [0.2, 0.25) is 0 Å². The number of hydrogen-bond acceptors (Lipinski definition) is 2. The Morgan fingerprint density at radius 2 is 2.18 bits per heavy atom. The molecule has 1 saturated heterocycles. The minimum atomic E-state index is -0.830. The maximum absolute atomic E-state index is 11.1. The monoisotopic (exact) mass is 233 g/mol. The van der Waals surface area contributed by atoms with Gasteiger partial charge < -0.3 is 10.4 Å². The van der Waals surface area contributed by atoms with Gasteiger partial charge in [-0.15, -0.1) is 0 Å². The highest BCUT2D eigenvalue weighted by Gasteiger charge is 2.17. The molecular formula is C14H19NO2. The van der Waals surface area contributed by atoms with E-state index in [-0.39, 0.29) is 0 Å². The lowest BCUT2D eigenvalue weighted by Gasteiger charge is -2.14. The van der Waals surface area contributed by atoms with Crippen molar-refractivity contribution in [1.82, 2.24) is 5.32 Å². The smallest absolute Gasteiger partial charge is 0.335 e. The minimum Gasteiger partial charge on any atom is -0.478 e. The van der Waals surface area contributed by atoms with Crippen LogP contribution in [0.15, 0.2) is 12.1 Å². The van der Waals surface area contributed by atoms with Crippen molar-refractivity contribution >= 4 is 5.97 Å². The molecule has 1 aliphatic heterocycles. The third kappa shape index (κ3) is 2.67. The number of aryl methyl sites for hydroxylation is 2. The molecule has 1 heterocycles. The number of carboxylic acid groups (broad SMARTS) is 1. The van der Waals surface area contributed by atoms with Crippen molar-refractivity contribution in [3.63, 3.8) is 0 Å². The fourth-order valence-electron chi connectivity index (χ4n) is 2.54. The summed E-state index contributed by atoms with van der Waals surface area (Å²) in [5, 5.41) is 12.6. The van der Waals surface area contributed by atoms with Crippen molar-refractivity contribution in [1.29, 1.82) is 0 Å². The van der Waals surface area contributed by atoms with Gasteiger partial charge in [-0.2, -0.15) is 0 Å². The molecule has 1 aromatic carbocycles. The highest BCUT2D eigenvalue weighted by atomic mass is 16.4. The molecule has 0 saturated carbocycles. The van der Waals surface area contributed by atoms with E-state index < -0.39 is 5.97 Å². The fraction of sp³-hybridized carbons (Fsp3) is 0.500. The highest BCUT2D eigenvalue weighted by Crippen LogP contribution is 2.20. The van der Waals surface area contributed by atoms with Crippen molar-refractivity contribution in [3.8, 4) is 0 Å². The van der Waals surface area contributed by atoms with Crippen molar-refractivity contribution in [2.45, 2.75) is 39.2 Å². The Balaban J connectivity index is 2.26. The molecule has 1 aromatic rings. The molecule has 0 amide bonds. The van der Waals surface area contributed by atoms with E-state index in [4.69, 9.17) is 5.11 Å². The van der Waals surface area contributed by atoms with Crippen LogP contribution in [0.3, 0.4) is 0 Å². The predicted octanol–water partition coefficient (Wildman–Crippen LogP) is 2.30. The summed E-state index contributed by atoms with van der Waals surface area (Å²) in [6, 6.07) is 4.33. The molecule has 0 bridgehead atoms. The number of hydrogen-bond donors (Lipinski definition) is 2. The van der Waals surface area contributed by atoms with Crippen LogP contribution >= 0.6 is 0 Å². The summed E-state index contributed by atoms with van der Waals surface area (Å²) in [5.74, 6) is -0.830. The Kier molecular flexibility index (Phi) is 3.48. The lowest BCUT2D eigenvalue weighted by molar-refractivity contribution is 0.0696. The zero-order valence-electron chi connectivity index (χ0n) is 10.4. The van der Waals surface area contributed by atoms with Gasteiger partial charge in [-0.3, -0.25) is 0 Å². The van der Waals surface area contributed by atoms with E-state index in [1.807, 2.05) is 19.1 Å². The molecule has 0 aliphatic carbocycles. The molecule has 0 aromatic heterocycles. The molecule has 2 N–H and O–H groups in total. The zero-order chi connectivity index (χ0) is 12.4. The second kappa shape index (κ2) is 4.88. The first kappa shape index (κ1) is 12.1. The average Bonchev–Trinajstić information content (AvgIpc) is 2.74. The van der Waals surface area contributed by atoms with Crippen molar-refractivity contribution < 1.29 is 9.90 Å².